The van der Waals surface area contributed by atoms with E-state index in [0.29, 0.717) is 5.41 Å². The average molecular weight is 137 g/mol. The van der Waals surface area contributed by atoms with Crippen molar-refractivity contribution >= 4 is 0 Å². The van der Waals surface area contributed by atoms with Crippen LogP contribution < -0.4 is 0 Å². The van der Waals surface area contributed by atoms with Crippen LogP contribution >= 0.6 is 0 Å². The summed E-state index contributed by atoms with van der Waals surface area (Å²) in [5, 5.41) is 0. The van der Waals surface area contributed by atoms with Crippen LogP contribution in [-0.2, 0) is 0 Å². The van der Waals surface area contributed by atoms with Crippen molar-refractivity contribution in [3.63, 3.8) is 0 Å². The van der Waals surface area contributed by atoms with Gasteiger partial charge in [-0.25, -0.2) is 0 Å². The van der Waals surface area contributed by atoms with Gasteiger partial charge in [0.1, 0.15) is 0 Å². The number of fused-ring (bicyclic) bond motifs is 1. The molecule has 0 amide bonds. The Morgan fingerprint density at radius 2 is 2.00 bits per heavy atom. The second kappa shape index (κ2) is 1.78. The summed E-state index contributed by atoms with van der Waals surface area (Å²) in [6.45, 7) is 7.09. The summed E-state index contributed by atoms with van der Waals surface area (Å²) in [7, 11) is 0. The Morgan fingerprint density at radius 3 is 2.20 bits per heavy atom. The molecule has 0 aromatic rings. The van der Waals surface area contributed by atoms with Gasteiger partial charge in [-0.1, -0.05) is 20.8 Å². The van der Waals surface area contributed by atoms with Crippen LogP contribution in [0.15, 0.2) is 0 Å². The fourth-order valence-corrected chi connectivity index (χ4v) is 2.45. The van der Waals surface area contributed by atoms with Crippen LogP contribution in [0.5, 0.6) is 0 Å². The van der Waals surface area contributed by atoms with Crippen LogP contribution in [-0.4, -0.2) is 0 Å². The van der Waals surface area contributed by atoms with Crippen molar-refractivity contribution in [2.45, 2.75) is 40.0 Å². The average Bonchev–Trinajstić information content (AvgIpc) is 2.40. The molecular weight excluding hydrogens is 120 g/mol. The third kappa shape index (κ3) is 0.889. The first-order valence-electron chi connectivity index (χ1n) is 4.45. The summed E-state index contributed by atoms with van der Waals surface area (Å²) >= 11 is 0. The van der Waals surface area contributed by atoms with Crippen molar-refractivity contribution in [2.75, 3.05) is 0 Å². The van der Waals surface area contributed by atoms with Crippen molar-refractivity contribution < 1.29 is 0 Å². The van der Waals surface area contributed by atoms with Crippen LogP contribution in [0.4, 0.5) is 0 Å². The Labute approximate surface area is 64.0 Å². The molecule has 0 saturated heterocycles. The molecule has 0 nitrogen and oxygen atoms in total. The molecule has 0 heterocycles. The molecule has 10 heavy (non-hydrogen) atoms. The molecule has 0 aromatic carbocycles. The third-order valence-electron chi connectivity index (χ3n) is 3.12. The molecule has 2 rings (SSSR count). The zero-order valence-corrected chi connectivity index (χ0v) is 7.28. The van der Waals surface area contributed by atoms with Crippen molar-refractivity contribution in [2.24, 2.45) is 17.3 Å². The molecule has 2 aliphatic rings. The van der Waals surface area contributed by atoms with E-state index >= 15 is 0 Å². The highest BCUT2D eigenvalue weighted by Gasteiger charge is 2.51. The fourth-order valence-electron chi connectivity index (χ4n) is 2.45. The second-order valence-electron chi connectivity index (χ2n) is 4.92. The maximum atomic E-state index is 2.36. The number of hydrogen-bond acceptors (Lipinski definition) is 0. The van der Waals surface area contributed by atoms with Gasteiger partial charge in [0.15, 0.2) is 0 Å². The normalized spacial score (nSPS) is 39.9. The smallest absolute Gasteiger partial charge is 0.0154 e. The lowest BCUT2D eigenvalue weighted by molar-refractivity contribution is 0.391. The summed E-state index contributed by atoms with van der Waals surface area (Å²) in [6, 6.07) is 0. The van der Waals surface area contributed by atoms with Crippen LogP contribution in [0.3, 0.4) is 0 Å². The predicted octanol–water partition coefficient (Wildman–Crippen LogP) is 3.04. The van der Waals surface area contributed by atoms with E-state index in [-0.39, 0.29) is 0 Å². The summed E-state index contributed by atoms with van der Waals surface area (Å²) < 4.78 is 0. The molecule has 1 radical (unpaired) electrons. The van der Waals surface area contributed by atoms with Gasteiger partial charge in [-0.15, -0.1) is 0 Å². The fraction of sp³-hybridized carbons (Fsp3) is 0.900. The topological polar surface area (TPSA) is 0 Å². The minimum absolute atomic E-state index is 0.510. The van der Waals surface area contributed by atoms with Crippen molar-refractivity contribution in [3.05, 3.63) is 5.92 Å². The number of rotatable bonds is 0. The first kappa shape index (κ1) is 6.69. The second-order valence-corrected chi connectivity index (χ2v) is 4.92. The Balaban J connectivity index is 2.05. The summed E-state index contributed by atoms with van der Waals surface area (Å²) in [6.07, 6.45) is 4.45. The van der Waals surface area contributed by atoms with Gasteiger partial charge in [-0.3, -0.25) is 0 Å². The summed E-state index contributed by atoms with van der Waals surface area (Å²) in [5.41, 5.74) is 0.510. The number of hydrogen-bond donors (Lipinski definition) is 0. The van der Waals surface area contributed by atoms with E-state index in [1.165, 1.54) is 19.3 Å². The largest absolute Gasteiger partial charge is 0.0596 e. The highest BCUT2D eigenvalue weighted by Crippen LogP contribution is 2.61. The zero-order chi connectivity index (χ0) is 7.35. The molecule has 57 valence electrons. The highest BCUT2D eigenvalue weighted by atomic mass is 14.6. The standard InChI is InChI=1S/C10H17/c1-10(2,3)9-5-4-7-6-8(7)9/h7-8H,4-6H2,1-3H3. The molecule has 2 aliphatic carbocycles. The molecule has 2 fully saturated rings. The monoisotopic (exact) mass is 137 g/mol. The first-order chi connectivity index (χ1) is 4.59. The van der Waals surface area contributed by atoms with Crippen molar-refractivity contribution in [1.29, 1.82) is 0 Å². The van der Waals surface area contributed by atoms with E-state index < -0.39 is 0 Å². The lowest BCUT2D eigenvalue weighted by atomic mass is 9.78. The van der Waals surface area contributed by atoms with E-state index in [1.54, 1.807) is 0 Å². The minimum Gasteiger partial charge on any atom is -0.0596 e. The van der Waals surface area contributed by atoms with Crippen LogP contribution in [0.2, 0.25) is 0 Å². The van der Waals surface area contributed by atoms with Gasteiger partial charge < -0.3 is 0 Å². The molecule has 2 unspecified atom stereocenters. The van der Waals surface area contributed by atoms with Crippen LogP contribution in [0.1, 0.15) is 40.0 Å². The highest BCUT2D eigenvalue weighted by molar-refractivity contribution is 5.19. The minimum atomic E-state index is 0.510. The molecule has 0 aromatic heterocycles. The van der Waals surface area contributed by atoms with E-state index in [1.807, 2.05) is 5.92 Å². The Morgan fingerprint density at radius 1 is 1.30 bits per heavy atom. The Kier molecular flexibility index (Phi) is 1.19. The molecule has 0 bridgehead atoms. The van der Waals surface area contributed by atoms with Crippen molar-refractivity contribution in [3.8, 4) is 0 Å². The van der Waals surface area contributed by atoms with E-state index in [9.17, 15) is 0 Å². The quantitative estimate of drug-likeness (QED) is 0.481. The zero-order valence-electron chi connectivity index (χ0n) is 7.28. The van der Waals surface area contributed by atoms with Crippen LogP contribution in [0.25, 0.3) is 0 Å². The summed E-state index contributed by atoms with van der Waals surface area (Å²) in [4.78, 5) is 0. The van der Waals surface area contributed by atoms with Gasteiger partial charge in [0.25, 0.3) is 0 Å². The molecule has 0 heteroatoms. The molecule has 0 N–H and O–H groups in total. The molecule has 2 atom stereocenters. The van der Waals surface area contributed by atoms with Gasteiger partial charge >= 0.3 is 0 Å². The SMILES string of the molecule is CC(C)(C)[C]1CCC2CC12. The predicted molar refractivity (Wildman–Crippen MR) is 43.5 cm³/mol. The lowest BCUT2D eigenvalue weighted by Gasteiger charge is -2.27. The van der Waals surface area contributed by atoms with E-state index in [0.717, 1.165) is 11.8 Å². The van der Waals surface area contributed by atoms with Gasteiger partial charge in [0, 0.05) is 0 Å². The van der Waals surface area contributed by atoms with Gasteiger partial charge in [-0.05, 0) is 42.4 Å². The molecule has 0 aliphatic heterocycles. The molecular formula is C10H17. The molecule has 2 saturated carbocycles. The van der Waals surface area contributed by atoms with Gasteiger partial charge in [0.2, 0.25) is 0 Å². The Bertz CT molecular complexity index is 141. The lowest BCUT2D eigenvalue weighted by Crippen LogP contribution is -2.17. The maximum absolute atomic E-state index is 2.36. The molecule has 0 spiro atoms. The maximum Gasteiger partial charge on any atom is -0.0154 e. The third-order valence-corrected chi connectivity index (χ3v) is 3.12. The van der Waals surface area contributed by atoms with Gasteiger partial charge in [-0.2, -0.15) is 0 Å². The summed E-state index contributed by atoms with van der Waals surface area (Å²) in [5.74, 6) is 4.03. The van der Waals surface area contributed by atoms with Crippen LogP contribution in [0, 0.1) is 23.2 Å². The van der Waals surface area contributed by atoms with Gasteiger partial charge in [0.05, 0.1) is 0 Å². The first-order valence-corrected chi connectivity index (χ1v) is 4.45. The van der Waals surface area contributed by atoms with Crippen molar-refractivity contribution in [1.82, 2.24) is 0 Å². The van der Waals surface area contributed by atoms with E-state index in [4.69, 9.17) is 0 Å². The van der Waals surface area contributed by atoms with E-state index in [2.05, 4.69) is 20.8 Å². The Hall–Kier alpha value is 0.